The van der Waals surface area contributed by atoms with Gasteiger partial charge in [-0.2, -0.15) is 0 Å². The van der Waals surface area contributed by atoms with Gasteiger partial charge in [0.05, 0.1) is 11.1 Å². The molecule has 0 aliphatic rings. The average Bonchev–Trinajstić information content (AvgIpc) is 2.10. The van der Waals surface area contributed by atoms with Crippen molar-refractivity contribution in [3.05, 3.63) is 30.6 Å². The Labute approximate surface area is 121 Å². The van der Waals surface area contributed by atoms with Crippen molar-refractivity contribution in [1.82, 2.24) is 0 Å². The van der Waals surface area contributed by atoms with Crippen molar-refractivity contribution in [2.75, 3.05) is 0 Å². The van der Waals surface area contributed by atoms with Gasteiger partial charge in [-0.3, -0.25) is 9.59 Å². The largest absolute Gasteiger partial charge is 0.276 e. The summed E-state index contributed by atoms with van der Waals surface area (Å²) in [6.07, 6.45) is 0. The fourth-order valence-corrected chi connectivity index (χ4v) is 3.46. The number of benzene rings is 1. The molecule has 1 rings (SSSR count). The van der Waals surface area contributed by atoms with Crippen molar-refractivity contribution in [2.45, 2.75) is 0 Å². The lowest BCUT2D eigenvalue weighted by atomic mass is 10.1. The van der Waals surface area contributed by atoms with Crippen molar-refractivity contribution >= 4 is 81.5 Å². The molecular weight excluding hydrogens is 439 g/mol. The van der Waals surface area contributed by atoms with Crippen LogP contribution in [0.2, 0.25) is 0 Å². The van der Waals surface area contributed by atoms with E-state index in [-0.39, 0.29) is 15.6 Å². The van der Waals surface area contributed by atoms with E-state index in [9.17, 15) is 9.59 Å². The third-order valence-electron chi connectivity index (χ3n) is 1.56. The van der Waals surface area contributed by atoms with E-state index in [1.54, 1.807) is 0 Å². The Bertz CT molecular complexity index is 460. The molecule has 1 aromatic rings. The molecule has 15 heavy (non-hydrogen) atoms. The zero-order valence-corrected chi connectivity index (χ0v) is 13.1. The molecule has 0 heterocycles. The van der Waals surface area contributed by atoms with Crippen LogP contribution in [0.5, 0.6) is 0 Å². The highest BCUT2D eigenvalue weighted by atomic mass is 79.9. The van der Waals surface area contributed by atoms with Crippen LogP contribution < -0.4 is 0 Å². The summed E-state index contributed by atoms with van der Waals surface area (Å²) in [4.78, 5) is 22.2. The Hall–Kier alpha value is 0.580. The molecule has 0 aliphatic carbocycles. The molecule has 0 saturated carbocycles. The van der Waals surface area contributed by atoms with Gasteiger partial charge in [0.1, 0.15) is 0 Å². The molecule has 0 N–H and O–H groups in total. The molecule has 2 nitrogen and oxygen atoms in total. The van der Waals surface area contributed by atoms with E-state index in [0.717, 1.165) is 0 Å². The van der Waals surface area contributed by atoms with E-state index in [4.69, 9.17) is 23.2 Å². The number of carbonyl (C=O) groups excluding carboxylic acids is 2. The Morgan fingerprint density at radius 3 is 1.93 bits per heavy atom. The van der Waals surface area contributed by atoms with Gasteiger partial charge in [0.25, 0.3) is 10.5 Å². The molecule has 0 bridgehead atoms. The molecule has 0 fully saturated rings. The van der Waals surface area contributed by atoms with E-state index < -0.39 is 10.5 Å². The van der Waals surface area contributed by atoms with Gasteiger partial charge in [-0.15, -0.1) is 0 Å². The summed E-state index contributed by atoms with van der Waals surface area (Å²) in [5, 5.41) is -1.36. The SMILES string of the molecule is O=C(Cl)c1cc(Br)c(Br)c(C(=O)Cl)c1Br. The minimum absolute atomic E-state index is 0.162. The first-order valence-corrected chi connectivity index (χ1v) is 6.57. The highest BCUT2D eigenvalue weighted by molar-refractivity contribution is 9.13. The number of hydrogen-bond acceptors (Lipinski definition) is 2. The second-order valence-corrected chi connectivity index (χ2v) is 5.58. The molecule has 1 aromatic carbocycles. The number of rotatable bonds is 2. The predicted molar refractivity (Wildman–Crippen MR) is 69.9 cm³/mol. The molecule has 0 aromatic heterocycles. The number of halogens is 5. The van der Waals surface area contributed by atoms with E-state index in [0.29, 0.717) is 8.95 Å². The lowest BCUT2D eigenvalue weighted by Crippen LogP contribution is -2.00. The summed E-state index contributed by atoms with van der Waals surface area (Å²) in [6, 6.07) is 1.49. The first kappa shape index (κ1) is 13.6. The smallest absolute Gasteiger partial charge is 0.254 e. The van der Waals surface area contributed by atoms with Gasteiger partial charge in [0, 0.05) is 13.4 Å². The second kappa shape index (κ2) is 5.27. The molecule has 80 valence electrons. The standard InChI is InChI=1S/C8HBr3Cl2O2/c9-3-1-2(7(12)14)5(10)4(6(3)11)8(13)15/h1H. The number of hydrogen-bond donors (Lipinski definition) is 0. The van der Waals surface area contributed by atoms with Crippen LogP contribution in [-0.4, -0.2) is 10.5 Å². The van der Waals surface area contributed by atoms with Crippen LogP contribution in [0.4, 0.5) is 0 Å². The molecule has 0 saturated heterocycles. The summed E-state index contributed by atoms with van der Waals surface area (Å²) >= 11 is 20.2. The Kier molecular flexibility index (Phi) is 4.80. The van der Waals surface area contributed by atoms with Gasteiger partial charge in [-0.05, 0) is 77.1 Å². The summed E-state index contributed by atoms with van der Waals surface area (Å²) in [5.41, 5.74) is 0.339. The van der Waals surface area contributed by atoms with Crippen LogP contribution in [-0.2, 0) is 0 Å². The van der Waals surface area contributed by atoms with E-state index in [1.165, 1.54) is 6.07 Å². The van der Waals surface area contributed by atoms with Crippen molar-refractivity contribution in [3.63, 3.8) is 0 Å². The van der Waals surface area contributed by atoms with Crippen LogP contribution in [0.3, 0.4) is 0 Å². The summed E-state index contributed by atoms with van der Waals surface area (Å²) < 4.78 is 1.27. The Morgan fingerprint density at radius 1 is 1.00 bits per heavy atom. The predicted octanol–water partition coefficient (Wildman–Crippen LogP) is 4.73. The molecule has 0 spiro atoms. The van der Waals surface area contributed by atoms with Gasteiger partial charge in [0.15, 0.2) is 0 Å². The van der Waals surface area contributed by atoms with Crippen LogP contribution in [0.1, 0.15) is 20.7 Å². The van der Waals surface area contributed by atoms with Crippen molar-refractivity contribution < 1.29 is 9.59 Å². The van der Waals surface area contributed by atoms with Crippen molar-refractivity contribution in [1.29, 1.82) is 0 Å². The summed E-state index contributed by atoms with van der Waals surface area (Å²) in [7, 11) is 0. The average molecular weight is 440 g/mol. The van der Waals surface area contributed by atoms with Crippen LogP contribution in [0.15, 0.2) is 19.5 Å². The molecular formula is C8HBr3Cl2O2. The maximum absolute atomic E-state index is 11.1. The fraction of sp³-hybridized carbons (Fsp3) is 0. The summed E-state index contributed by atoms with van der Waals surface area (Å²) in [5.74, 6) is 0. The van der Waals surface area contributed by atoms with Gasteiger partial charge < -0.3 is 0 Å². The van der Waals surface area contributed by atoms with E-state index >= 15 is 0 Å². The van der Waals surface area contributed by atoms with Crippen LogP contribution >= 0.6 is 71.0 Å². The third-order valence-corrected chi connectivity index (χ3v) is 4.76. The van der Waals surface area contributed by atoms with Gasteiger partial charge in [-0.25, -0.2) is 0 Å². The second-order valence-electron chi connectivity index (χ2n) is 2.46. The quantitative estimate of drug-likeness (QED) is 0.493. The molecule has 0 atom stereocenters. The van der Waals surface area contributed by atoms with E-state index in [2.05, 4.69) is 47.8 Å². The topological polar surface area (TPSA) is 34.1 Å². The van der Waals surface area contributed by atoms with E-state index in [1.807, 2.05) is 0 Å². The maximum Gasteiger partial charge on any atom is 0.254 e. The monoisotopic (exact) mass is 436 g/mol. The molecule has 0 unspecified atom stereocenters. The molecule has 0 radical (unpaired) electrons. The number of carbonyl (C=O) groups is 2. The molecule has 7 heteroatoms. The van der Waals surface area contributed by atoms with Crippen molar-refractivity contribution in [2.24, 2.45) is 0 Å². The first-order valence-electron chi connectivity index (χ1n) is 3.43. The van der Waals surface area contributed by atoms with Crippen LogP contribution in [0, 0.1) is 0 Å². The zero-order valence-electron chi connectivity index (χ0n) is 6.78. The van der Waals surface area contributed by atoms with Gasteiger partial charge >= 0.3 is 0 Å². The van der Waals surface area contributed by atoms with Crippen molar-refractivity contribution in [3.8, 4) is 0 Å². The highest BCUT2D eigenvalue weighted by Gasteiger charge is 2.20. The molecule has 0 amide bonds. The minimum atomic E-state index is -0.686. The summed E-state index contributed by atoms with van der Waals surface area (Å²) in [6.45, 7) is 0. The maximum atomic E-state index is 11.1. The highest BCUT2D eigenvalue weighted by Crippen LogP contribution is 2.36. The van der Waals surface area contributed by atoms with Gasteiger partial charge in [-0.1, -0.05) is 0 Å². The first-order chi connectivity index (χ1) is 6.86. The zero-order chi connectivity index (χ0) is 11.7. The lowest BCUT2D eigenvalue weighted by molar-refractivity contribution is 0.107. The Morgan fingerprint density at radius 2 is 1.53 bits per heavy atom. The van der Waals surface area contributed by atoms with Crippen LogP contribution in [0.25, 0.3) is 0 Å². The van der Waals surface area contributed by atoms with Gasteiger partial charge in [0.2, 0.25) is 0 Å². The normalized spacial score (nSPS) is 10.2. The fourth-order valence-electron chi connectivity index (χ4n) is 0.919. The third kappa shape index (κ3) is 2.82. The minimum Gasteiger partial charge on any atom is -0.276 e. The molecule has 0 aliphatic heterocycles. The lowest BCUT2D eigenvalue weighted by Gasteiger charge is -2.08. The Balaban J connectivity index is 3.63.